The van der Waals surface area contributed by atoms with E-state index in [1.807, 2.05) is 0 Å². The number of ether oxygens (including phenoxy) is 1. The number of Topliss-reactive ketones (excluding diaryl/α,β-unsaturated/α-hetero) is 1. The van der Waals surface area contributed by atoms with E-state index in [1.165, 1.54) is 7.11 Å². The van der Waals surface area contributed by atoms with E-state index < -0.39 is 5.78 Å². The summed E-state index contributed by atoms with van der Waals surface area (Å²) in [6.07, 6.45) is 0.584. The predicted octanol–water partition coefficient (Wildman–Crippen LogP) is 0.196. The molecule has 0 spiro atoms. The number of rotatable bonds is 6. The van der Waals surface area contributed by atoms with Crippen molar-refractivity contribution >= 4 is 18.6 Å². The van der Waals surface area contributed by atoms with Crippen molar-refractivity contribution in [2.24, 2.45) is 0 Å². The number of imide groups is 1. The third-order valence-electron chi connectivity index (χ3n) is 2.14. The topological polar surface area (TPSA) is 76.6 Å². The summed E-state index contributed by atoms with van der Waals surface area (Å²) < 4.78 is 4.90. The Kier molecular flexibility index (Phi) is 4.33. The number of amides is 2. The van der Waals surface area contributed by atoms with E-state index >= 15 is 0 Å². The maximum Gasteiger partial charge on any atom is 0.216 e. The third-order valence-corrected chi connectivity index (χ3v) is 2.14. The molecule has 0 N–H and O–H groups in total. The van der Waals surface area contributed by atoms with E-state index in [0.717, 1.165) is 0 Å². The molecule has 2 amide bonds. The van der Waals surface area contributed by atoms with Gasteiger partial charge in [0.1, 0.15) is 5.69 Å². The largest absolute Gasteiger partial charge is 0.481 e. The molecule has 0 unspecified atom stereocenters. The zero-order chi connectivity index (χ0) is 12.8. The lowest BCUT2D eigenvalue weighted by Gasteiger charge is -2.09. The van der Waals surface area contributed by atoms with E-state index in [0.29, 0.717) is 29.2 Å². The minimum absolute atomic E-state index is 0.193. The van der Waals surface area contributed by atoms with E-state index in [2.05, 4.69) is 4.98 Å². The summed E-state index contributed by atoms with van der Waals surface area (Å²) >= 11 is 0. The highest BCUT2D eigenvalue weighted by Crippen LogP contribution is 2.12. The van der Waals surface area contributed by atoms with Crippen LogP contribution in [-0.2, 0) is 9.59 Å². The summed E-state index contributed by atoms with van der Waals surface area (Å²) in [4.78, 5) is 37.3. The normalized spacial score (nSPS) is 9.53. The third kappa shape index (κ3) is 3.10. The Balaban J connectivity index is 2.94. The minimum Gasteiger partial charge on any atom is -0.481 e. The number of ketones is 1. The van der Waals surface area contributed by atoms with Gasteiger partial charge in [0.05, 0.1) is 13.7 Å². The van der Waals surface area contributed by atoms with Crippen molar-refractivity contribution in [2.75, 3.05) is 13.7 Å². The van der Waals surface area contributed by atoms with Gasteiger partial charge in [-0.3, -0.25) is 19.3 Å². The Hall–Kier alpha value is -2.24. The molecule has 6 nitrogen and oxygen atoms in total. The molecule has 0 fully saturated rings. The summed E-state index contributed by atoms with van der Waals surface area (Å²) in [5.74, 6) is -0.108. The van der Waals surface area contributed by atoms with Crippen LogP contribution in [-0.4, -0.2) is 42.1 Å². The highest BCUT2D eigenvalue weighted by molar-refractivity contribution is 5.99. The van der Waals surface area contributed by atoms with Crippen LogP contribution in [0.2, 0.25) is 0 Å². The lowest BCUT2D eigenvalue weighted by atomic mass is 10.1. The van der Waals surface area contributed by atoms with Crippen LogP contribution in [0.25, 0.3) is 0 Å². The second kappa shape index (κ2) is 5.74. The number of hydrogen-bond donors (Lipinski definition) is 0. The zero-order valence-corrected chi connectivity index (χ0v) is 9.54. The van der Waals surface area contributed by atoms with Gasteiger partial charge in [-0.1, -0.05) is 6.07 Å². The second-order valence-corrected chi connectivity index (χ2v) is 3.33. The number of hydrogen-bond acceptors (Lipinski definition) is 5. The number of aryl methyl sites for hydroxylation is 1. The van der Waals surface area contributed by atoms with E-state index in [4.69, 9.17) is 4.74 Å². The monoisotopic (exact) mass is 236 g/mol. The molecule has 0 aliphatic rings. The van der Waals surface area contributed by atoms with Gasteiger partial charge in [0.2, 0.25) is 24.5 Å². The maximum atomic E-state index is 11.8. The van der Waals surface area contributed by atoms with Crippen LogP contribution in [0, 0.1) is 6.92 Å². The van der Waals surface area contributed by atoms with Crippen molar-refractivity contribution in [3.8, 4) is 5.88 Å². The van der Waals surface area contributed by atoms with Crippen molar-refractivity contribution < 1.29 is 19.1 Å². The lowest BCUT2D eigenvalue weighted by Crippen LogP contribution is -2.28. The number of pyridine rings is 1. The molecule has 0 bridgehead atoms. The summed E-state index contributed by atoms with van der Waals surface area (Å²) in [7, 11) is 1.44. The number of aromatic nitrogens is 1. The van der Waals surface area contributed by atoms with Crippen LogP contribution in [0.1, 0.15) is 16.1 Å². The number of methoxy groups -OCH3 is 1. The van der Waals surface area contributed by atoms with Crippen LogP contribution >= 0.6 is 0 Å². The average molecular weight is 236 g/mol. The van der Waals surface area contributed by atoms with Gasteiger partial charge < -0.3 is 4.74 Å². The summed E-state index contributed by atoms with van der Waals surface area (Å²) in [5, 5.41) is 0. The number of nitrogens with zero attached hydrogens (tertiary/aromatic N) is 2. The second-order valence-electron chi connectivity index (χ2n) is 3.33. The van der Waals surface area contributed by atoms with Crippen molar-refractivity contribution in [1.29, 1.82) is 0 Å². The maximum absolute atomic E-state index is 11.8. The molecular formula is C11H12N2O4. The Morgan fingerprint density at radius 3 is 2.59 bits per heavy atom. The molecule has 0 radical (unpaired) electrons. The first-order valence-electron chi connectivity index (χ1n) is 4.83. The molecule has 0 saturated carbocycles. The molecule has 1 aromatic heterocycles. The Morgan fingerprint density at radius 1 is 1.41 bits per heavy atom. The molecule has 6 heteroatoms. The van der Waals surface area contributed by atoms with Gasteiger partial charge in [-0.15, -0.1) is 0 Å². The molecule has 17 heavy (non-hydrogen) atoms. The smallest absolute Gasteiger partial charge is 0.216 e. The molecule has 1 aromatic rings. The Labute approximate surface area is 98.2 Å². The quantitative estimate of drug-likeness (QED) is 0.520. The summed E-state index contributed by atoms with van der Waals surface area (Å²) in [6.45, 7) is 1.39. The molecule has 1 heterocycles. The highest BCUT2D eigenvalue weighted by atomic mass is 16.5. The van der Waals surface area contributed by atoms with Crippen molar-refractivity contribution in [2.45, 2.75) is 6.92 Å². The summed E-state index contributed by atoms with van der Waals surface area (Å²) in [5.41, 5.74) is 0.852. The van der Waals surface area contributed by atoms with E-state index in [1.54, 1.807) is 19.1 Å². The van der Waals surface area contributed by atoms with Gasteiger partial charge in [0.15, 0.2) is 0 Å². The van der Waals surface area contributed by atoms with Crippen LogP contribution in [0.4, 0.5) is 0 Å². The highest BCUT2D eigenvalue weighted by Gasteiger charge is 2.15. The van der Waals surface area contributed by atoms with E-state index in [9.17, 15) is 14.4 Å². The lowest BCUT2D eigenvalue weighted by molar-refractivity contribution is -0.128. The van der Waals surface area contributed by atoms with Gasteiger partial charge in [-0.05, 0) is 12.5 Å². The zero-order valence-electron chi connectivity index (χ0n) is 9.54. The average Bonchev–Trinajstić information content (AvgIpc) is 2.36. The summed E-state index contributed by atoms with van der Waals surface area (Å²) in [6, 6.07) is 3.31. The van der Waals surface area contributed by atoms with Crippen molar-refractivity contribution in [1.82, 2.24) is 9.88 Å². The molecule has 0 saturated heterocycles. The minimum atomic E-state index is -0.416. The number of carbonyl (C=O) groups is 3. The molecule has 1 rings (SSSR count). The SMILES string of the molecule is COc1ccc(C)c(C(=O)CN(C=O)C=O)n1. The first-order valence-corrected chi connectivity index (χ1v) is 4.83. The molecule has 0 atom stereocenters. The van der Waals surface area contributed by atoms with Crippen LogP contribution in [0.5, 0.6) is 5.88 Å². The molecule has 0 aliphatic heterocycles. The van der Waals surface area contributed by atoms with Crippen LogP contribution in [0.15, 0.2) is 12.1 Å². The van der Waals surface area contributed by atoms with Crippen LogP contribution in [0.3, 0.4) is 0 Å². The first kappa shape index (κ1) is 12.8. The Bertz CT molecular complexity index is 437. The molecular weight excluding hydrogens is 224 g/mol. The molecule has 90 valence electrons. The van der Waals surface area contributed by atoms with Crippen molar-refractivity contribution in [3.05, 3.63) is 23.4 Å². The molecule has 0 aliphatic carbocycles. The fraction of sp³-hybridized carbons (Fsp3) is 0.273. The van der Waals surface area contributed by atoms with Gasteiger partial charge in [0, 0.05) is 6.07 Å². The van der Waals surface area contributed by atoms with Crippen LogP contribution < -0.4 is 4.74 Å². The predicted molar refractivity (Wildman–Crippen MR) is 58.7 cm³/mol. The number of carbonyl (C=O) groups excluding carboxylic acids is 3. The van der Waals surface area contributed by atoms with Crippen molar-refractivity contribution in [3.63, 3.8) is 0 Å². The molecule has 0 aromatic carbocycles. The van der Waals surface area contributed by atoms with Gasteiger partial charge in [0.25, 0.3) is 0 Å². The first-order chi connectivity index (χ1) is 8.12. The van der Waals surface area contributed by atoms with Gasteiger partial charge in [-0.2, -0.15) is 0 Å². The fourth-order valence-electron chi connectivity index (χ4n) is 1.25. The fourth-order valence-corrected chi connectivity index (χ4v) is 1.25. The van der Waals surface area contributed by atoms with Gasteiger partial charge >= 0.3 is 0 Å². The van der Waals surface area contributed by atoms with E-state index in [-0.39, 0.29) is 12.2 Å². The standard InChI is InChI=1S/C11H12N2O4/c1-8-3-4-10(17-2)12-11(8)9(16)5-13(6-14)7-15/h3-4,6-7H,5H2,1-2H3. The van der Waals surface area contributed by atoms with Gasteiger partial charge in [-0.25, -0.2) is 4.98 Å². The Morgan fingerprint density at radius 2 is 2.06 bits per heavy atom.